The van der Waals surface area contributed by atoms with Crippen LogP contribution in [0.15, 0.2) is 24.3 Å². The molecule has 0 aromatic rings. The Bertz CT molecular complexity index is 812. The molecule has 0 aromatic carbocycles. The van der Waals surface area contributed by atoms with E-state index in [2.05, 4.69) is 54.7 Å². The second-order valence-corrected chi connectivity index (χ2v) is 13.5. The number of rotatable bonds is 5. The molecule has 4 rings (SSSR count). The normalized spacial score (nSPS) is 50.1. The van der Waals surface area contributed by atoms with Crippen molar-refractivity contribution in [3.63, 3.8) is 0 Å². The van der Waals surface area contributed by atoms with Crippen LogP contribution in [0.5, 0.6) is 0 Å². The second kappa shape index (κ2) is 7.74. The highest BCUT2D eigenvalue weighted by molar-refractivity contribution is 5.66. The molecule has 0 radical (unpaired) electrons. The molecule has 180 valence electrons. The maximum absolute atomic E-state index is 11.6. The van der Waals surface area contributed by atoms with Gasteiger partial charge in [-0.15, -0.1) is 0 Å². The van der Waals surface area contributed by atoms with Gasteiger partial charge in [-0.3, -0.25) is 4.79 Å². The maximum atomic E-state index is 11.6. The van der Waals surface area contributed by atoms with Crippen molar-refractivity contribution in [1.82, 2.24) is 0 Å². The Kier molecular flexibility index (Phi) is 5.83. The summed E-state index contributed by atoms with van der Waals surface area (Å²) in [4.78, 5) is 11.6. The molecule has 0 aromatic heterocycles. The molecule has 0 unspecified atom stereocenters. The van der Waals surface area contributed by atoms with E-state index in [1.54, 1.807) is 0 Å². The largest absolute Gasteiger partial charge is 0.481 e. The number of hydrogen-bond donors (Lipinski definition) is 1. The van der Waals surface area contributed by atoms with Gasteiger partial charge in [-0.1, -0.05) is 52.0 Å². The van der Waals surface area contributed by atoms with E-state index in [4.69, 9.17) is 0 Å². The van der Waals surface area contributed by atoms with Crippen LogP contribution in [0.1, 0.15) is 106 Å². The maximum Gasteiger partial charge on any atom is 0.303 e. The lowest BCUT2D eigenvalue weighted by Crippen LogP contribution is -2.64. The van der Waals surface area contributed by atoms with Crippen LogP contribution >= 0.6 is 0 Å². The third-order valence-corrected chi connectivity index (χ3v) is 12.3. The average Bonchev–Trinajstić information content (AvgIpc) is 3.04. The molecular formula is C30H48O2. The first kappa shape index (κ1) is 24.1. The van der Waals surface area contributed by atoms with Crippen LogP contribution in [-0.4, -0.2) is 11.1 Å². The molecule has 4 aliphatic rings. The minimum atomic E-state index is -0.649. The summed E-state index contributed by atoms with van der Waals surface area (Å²) < 4.78 is 0. The first-order valence-corrected chi connectivity index (χ1v) is 13.3. The number of fused-ring (bicyclic) bond motifs is 5. The van der Waals surface area contributed by atoms with Gasteiger partial charge < -0.3 is 5.11 Å². The van der Waals surface area contributed by atoms with E-state index < -0.39 is 5.97 Å². The third-order valence-electron chi connectivity index (χ3n) is 12.3. The van der Waals surface area contributed by atoms with E-state index in [1.165, 1.54) is 62.5 Å². The lowest BCUT2D eigenvalue weighted by Gasteiger charge is -2.71. The molecular weight excluding hydrogens is 392 g/mol. The molecule has 0 saturated heterocycles. The van der Waals surface area contributed by atoms with E-state index in [1.807, 2.05) is 0 Å². The van der Waals surface area contributed by atoms with Gasteiger partial charge in [0.2, 0.25) is 0 Å². The van der Waals surface area contributed by atoms with Crippen LogP contribution in [0.2, 0.25) is 0 Å². The monoisotopic (exact) mass is 440 g/mol. The highest BCUT2D eigenvalue weighted by atomic mass is 16.4. The summed E-state index contributed by atoms with van der Waals surface area (Å²) in [5.41, 5.74) is 3.78. The fourth-order valence-electron chi connectivity index (χ4n) is 10.7. The van der Waals surface area contributed by atoms with E-state index in [-0.39, 0.29) is 17.3 Å². The van der Waals surface area contributed by atoms with Gasteiger partial charge in [0.15, 0.2) is 0 Å². The van der Waals surface area contributed by atoms with Crippen molar-refractivity contribution < 1.29 is 9.90 Å². The smallest absolute Gasteiger partial charge is 0.303 e. The van der Waals surface area contributed by atoms with Gasteiger partial charge in [-0.25, -0.2) is 0 Å². The average molecular weight is 441 g/mol. The van der Waals surface area contributed by atoms with Crippen LogP contribution in [-0.2, 0) is 4.79 Å². The molecule has 0 bridgehead atoms. The molecule has 32 heavy (non-hydrogen) atoms. The fraction of sp³-hybridized carbons (Fsp3) is 0.833. The number of carboxylic acid groups (broad SMARTS) is 1. The van der Waals surface area contributed by atoms with Crippen LogP contribution in [0, 0.1) is 51.2 Å². The summed E-state index contributed by atoms with van der Waals surface area (Å²) in [6.07, 6.45) is 11.5. The molecule has 4 fully saturated rings. The standard InChI is InChI=1S/C30H48O2/c1-19(2)21-11-15-28(6)23(21)13-18-30(8)25(28)10-9-24-27(5,16-14-26(31)32)22(20(3)4)12-17-29(24,30)7/h21-25H,1,3,9-18H2,2,4-8H3,(H,31,32)/t21-,22-,23+,24+,25+,27-,28+,29+,30-/m1/s1. The van der Waals surface area contributed by atoms with Crippen molar-refractivity contribution in [1.29, 1.82) is 0 Å². The Morgan fingerprint density at radius 2 is 1.44 bits per heavy atom. The zero-order valence-corrected chi connectivity index (χ0v) is 21.7. The zero-order valence-electron chi connectivity index (χ0n) is 21.7. The molecule has 4 saturated carbocycles. The molecule has 9 atom stereocenters. The lowest BCUT2D eigenvalue weighted by atomic mass is 9.33. The van der Waals surface area contributed by atoms with Crippen molar-refractivity contribution in [2.24, 2.45) is 51.2 Å². The van der Waals surface area contributed by atoms with Crippen molar-refractivity contribution in [3.8, 4) is 0 Å². The van der Waals surface area contributed by atoms with E-state index in [0.29, 0.717) is 22.7 Å². The van der Waals surface area contributed by atoms with Crippen LogP contribution < -0.4 is 0 Å². The van der Waals surface area contributed by atoms with Crippen molar-refractivity contribution in [3.05, 3.63) is 24.3 Å². The van der Waals surface area contributed by atoms with E-state index >= 15 is 0 Å². The Morgan fingerprint density at radius 3 is 2.03 bits per heavy atom. The Balaban J connectivity index is 1.72. The third kappa shape index (κ3) is 3.13. The van der Waals surface area contributed by atoms with Crippen LogP contribution in [0.25, 0.3) is 0 Å². The van der Waals surface area contributed by atoms with E-state index in [9.17, 15) is 9.90 Å². The van der Waals surface area contributed by atoms with Gasteiger partial charge >= 0.3 is 5.97 Å². The van der Waals surface area contributed by atoms with Gasteiger partial charge in [0.25, 0.3) is 0 Å². The molecule has 4 aliphatic carbocycles. The number of carboxylic acids is 1. The predicted molar refractivity (Wildman–Crippen MR) is 133 cm³/mol. The van der Waals surface area contributed by atoms with Gasteiger partial charge in [0.05, 0.1) is 0 Å². The fourth-order valence-corrected chi connectivity index (χ4v) is 10.7. The summed E-state index contributed by atoms with van der Waals surface area (Å²) in [6, 6.07) is 0. The van der Waals surface area contributed by atoms with E-state index in [0.717, 1.165) is 24.2 Å². The summed E-state index contributed by atoms with van der Waals surface area (Å²) in [5.74, 6) is 2.70. The van der Waals surface area contributed by atoms with Gasteiger partial charge in [-0.05, 0) is 123 Å². The minimum Gasteiger partial charge on any atom is -0.481 e. The molecule has 0 amide bonds. The SMILES string of the molecule is C=C(C)[C@H]1CC[C@@]2(C)[C@H]1CC[C@]1(C)[C@H]2CC[C@H]2[C@](C)(CCC(=O)O)[C@@H](C(=C)C)CC[C@@]21C. The summed E-state index contributed by atoms with van der Waals surface area (Å²) in [7, 11) is 0. The molecule has 1 N–H and O–H groups in total. The molecule has 0 spiro atoms. The first-order chi connectivity index (χ1) is 14.8. The number of carbonyl (C=O) groups is 1. The summed E-state index contributed by atoms with van der Waals surface area (Å²) >= 11 is 0. The van der Waals surface area contributed by atoms with Gasteiger partial charge in [0.1, 0.15) is 0 Å². The van der Waals surface area contributed by atoms with Gasteiger partial charge in [-0.2, -0.15) is 0 Å². The van der Waals surface area contributed by atoms with Gasteiger partial charge in [0, 0.05) is 6.42 Å². The Hall–Kier alpha value is -1.05. The zero-order chi connectivity index (χ0) is 23.7. The van der Waals surface area contributed by atoms with Crippen molar-refractivity contribution in [2.45, 2.75) is 106 Å². The molecule has 0 aliphatic heterocycles. The number of aliphatic carboxylic acids is 1. The molecule has 2 heteroatoms. The predicted octanol–water partition coefficient (Wildman–Crippen LogP) is 8.28. The molecule has 2 nitrogen and oxygen atoms in total. The quantitative estimate of drug-likeness (QED) is 0.437. The first-order valence-electron chi connectivity index (χ1n) is 13.3. The van der Waals surface area contributed by atoms with Crippen molar-refractivity contribution >= 4 is 5.97 Å². The minimum absolute atomic E-state index is 0.0405. The highest BCUT2D eigenvalue weighted by Crippen LogP contribution is 2.76. The lowest BCUT2D eigenvalue weighted by molar-refractivity contribution is -0.221. The summed E-state index contributed by atoms with van der Waals surface area (Å²) in [5, 5.41) is 9.56. The highest BCUT2D eigenvalue weighted by Gasteiger charge is 2.69. The second-order valence-electron chi connectivity index (χ2n) is 13.5. The van der Waals surface area contributed by atoms with Crippen LogP contribution in [0.4, 0.5) is 0 Å². The van der Waals surface area contributed by atoms with Crippen LogP contribution in [0.3, 0.4) is 0 Å². The topological polar surface area (TPSA) is 37.3 Å². The number of allylic oxidation sites excluding steroid dienone is 2. The number of hydrogen-bond acceptors (Lipinski definition) is 1. The Morgan fingerprint density at radius 1 is 0.844 bits per heavy atom. The Labute approximate surface area is 197 Å². The van der Waals surface area contributed by atoms with Crippen molar-refractivity contribution in [2.75, 3.05) is 0 Å². The molecule has 0 heterocycles. The summed E-state index contributed by atoms with van der Waals surface area (Å²) in [6.45, 7) is 23.5.